The summed E-state index contributed by atoms with van der Waals surface area (Å²) in [6.45, 7) is 0. The molecule has 0 saturated carbocycles. The van der Waals surface area contributed by atoms with Crippen LogP contribution in [0.4, 0.5) is 0 Å². The van der Waals surface area contributed by atoms with Crippen LogP contribution in [0.5, 0.6) is 0 Å². The molecule has 0 amide bonds. The van der Waals surface area contributed by atoms with Crippen LogP contribution in [-0.4, -0.2) is 16.1 Å². The Labute approximate surface area is 104 Å². The van der Waals surface area contributed by atoms with Gasteiger partial charge < -0.3 is 9.52 Å². The molecule has 92 valence electrons. The molecule has 1 aliphatic rings. The third kappa shape index (κ3) is 1.79. The minimum atomic E-state index is -1.08. The number of hydrogen-bond acceptors (Lipinski definition) is 3. The highest BCUT2D eigenvalue weighted by atomic mass is 16.4. The van der Waals surface area contributed by atoms with Crippen LogP contribution in [0, 0.1) is 0 Å². The first-order chi connectivity index (χ1) is 8.75. The number of fused-ring (bicyclic) bond motifs is 1. The Kier molecular flexibility index (Phi) is 2.63. The van der Waals surface area contributed by atoms with Gasteiger partial charge in [-0.05, 0) is 42.9 Å². The predicted molar refractivity (Wildman–Crippen MR) is 65.5 cm³/mol. The van der Waals surface area contributed by atoms with Gasteiger partial charge >= 0.3 is 5.97 Å². The molecular formula is C14H13NO3. The maximum absolute atomic E-state index is 11.0. The van der Waals surface area contributed by atoms with E-state index in [2.05, 4.69) is 11.1 Å². The van der Waals surface area contributed by atoms with Crippen LogP contribution in [-0.2, 0) is 12.8 Å². The van der Waals surface area contributed by atoms with E-state index in [1.54, 1.807) is 0 Å². The average Bonchev–Trinajstić information content (AvgIpc) is 2.87. The Morgan fingerprint density at radius 1 is 1.22 bits per heavy atom. The Balaban J connectivity index is 2.06. The third-order valence-electron chi connectivity index (χ3n) is 3.38. The number of aryl methyl sites for hydroxylation is 2. The molecule has 0 fully saturated rings. The van der Waals surface area contributed by atoms with Gasteiger partial charge in [-0.3, -0.25) is 0 Å². The smallest absolute Gasteiger partial charge is 0.374 e. The van der Waals surface area contributed by atoms with Crippen molar-refractivity contribution in [3.05, 3.63) is 41.5 Å². The highest BCUT2D eigenvalue weighted by Gasteiger charge is 2.18. The highest BCUT2D eigenvalue weighted by Crippen LogP contribution is 2.28. The second-order valence-corrected chi connectivity index (χ2v) is 4.53. The maximum Gasteiger partial charge on any atom is 0.374 e. The number of aromatic nitrogens is 1. The molecule has 0 bridgehead atoms. The normalized spacial score (nSPS) is 14.2. The van der Waals surface area contributed by atoms with E-state index in [0.29, 0.717) is 5.69 Å². The molecule has 4 heteroatoms. The first kappa shape index (κ1) is 11.0. The van der Waals surface area contributed by atoms with Gasteiger partial charge in [-0.15, -0.1) is 0 Å². The molecule has 2 aromatic rings. The Hall–Kier alpha value is -2.10. The molecule has 1 aromatic heterocycles. The van der Waals surface area contributed by atoms with E-state index >= 15 is 0 Å². The third-order valence-corrected chi connectivity index (χ3v) is 3.38. The maximum atomic E-state index is 11.0. The topological polar surface area (TPSA) is 63.3 Å². The van der Waals surface area contributed by atoms with Crippen LogP contribution in [0.3, 0.4) is 0 Å². The molecule has 0 aliphatic heterocycles. The van der Waals surface area contributed by atoms with Crippen LogP contribution in [0.1, 0.15) is 34.5 Å². The van der Waals surface area contributed by atoms with Crippen LogP contribution in [0.25, 0.3) is 11.3 Å². The Bertz CT molecular complexity index is 601. The van der Waals surface area contributed by atoms with Crippen LogP contribution in [0.15, 0.2) is 29.0 Å². The van der Waals surface area contributed by atoms with E-state index in [1.165, 1.54) is 30.4 Å². The van der Waals surface area contributed by atoms with Crippen molar-refractivity contribution >= 4 is 5.97 Å². The van der Waals surface area contributed by atoms with Crippen molar-refractivity contribution in [2.24, 2.45) is 0 Å². The Morgan fingerprint density at radius 3 is 2.78 bits per heavy atom. The van der Waals surface area contributed by atoms with Gasteiger partial charge in [-0.1, -0.05) is 12.1 Å². The lowest BCUT2D eigenvalue weighted by Crippen LogP contribution is -2.03. The summed E-state index contributed by atoms with van der Waals surface area (Å²) in [6, 6.07) is 6.04. The number of oxazole rings is 1. The average molecular weight is 243 g/mol. The fraction of sp³-hybridized carbons (Fsp3) is 0.286. The molecule has 0 unspecified atom stereocenters. The van der Waals surface area contributed by atoms with Gasteiger partial charge in [0.15, 0.2) is 6.39 Å². The van der Waals surface area contributed by atoms with Gasteiger partial charge in [0.25, 0.3) is 0 Å². The molecule has 1 aromatic carbocycles. The zero-order valence-corrected chi connectivity index (χ0v) is 9.85. The summed E-state index contributed by atoms with van der Waals surface area (Å²) in [6.07, 6.45) is 5.78. The first-order valence-corrected chi connectivity index (χ1v) is 6.04. The van der Waals surface area contributed by atoms with E-state index in [4.69, 9.17) is 9.52 Å². The van der Waals surface area contributed by atoms with Gasteiger partial charge in [-0.2, -0.15) is 0 Å². The van der Waals surface area contributed by atoms with Crippen molar-refractivity contribution in [3.8, 4) is 11.3 Å². The minimum Gasteiger partial charge on any atom is -0.475 e. The first-order valence-electron chi connectivity index (χ1n) is 6.04. The van der Waals surface area contributed by atoms with Gasteiger partial charge in [0.2, 0.25) is 5.76 Å². The van der Waals surface area contributed by atoms with Gasteiger partial charge in [-0.25, -0.2) is 9.78 Å². The van der Waals surface area contributed by atoms with Crippen molar-refractivity contribution in [3.63, 3.8) is 0 Å². The number of benzene rings is 1. The largest absolute Gasteiger partial charge is 0.475 e. The van der Waals surface area contributed by atoms with E-state index in [0.717, 1.165) is 18.4 Å². The summed E-state index contributed by atoms with van der Waals surface area (Å²) >= 11 is 0. The van der Waals surface area contributed by atoms with E-state index in [9.17, 15) is 4.79 Å². The summed E-state index contributed by atoms with van der Waals surface area (Å²) in [5.74, 6) is -1.18. The van der Waals surface area contributed by atoms with E-state index in [-0.39, 0.29) is 5.76 Å². The van der Waals surface area contributed by atoms with Crippen LogP contribution >= 0.6 is 0 Å². The SMILES string of the molecule is O=C(O)c1ocnc1-c1ccc2c(c1)CCCC2. The van der Waals surface area contributed by atoms with Crippen molar-refractivity contribution < 1.29 is 14.3 Å². The van der Waals surface area contributed by atoms with E-state index < -0.39 is 5.97 Å². The molecule has 18 heavy (non-hydrogen) atoms. The van der Waals surface area contributed by atoms with Crippen LogP contribution < -0.4 is 0 Å². The number of nitrogens with zero attached hydrogens (tertiary/aromatic N) is 1. The number of carboxylic acids is 1. The monoisotopic (exact) mass is 243 g/mol. The number of rotatable bonds is 2. The standard InChI is InChI=1S/C14H13NO3/c16-14(17)13-12(15-8-18-13)11-6-5-9-3-1-2-4-10(9)7-11/h5-8H,1-4H2,(H,16,17). The number of aromatic carboxylic acids is 1. The molecule has 3 rings (SSSR count). The summed E-state index contributed by atoms with van der Waals surface area (Å²) in [5.41, 5.74) is 3.90. The fourth-order valence-corrected chi connectivity index (χ4v) is 2.48. The van der Waals surface area contributed by atoms with Crippen molar-refractivity contribution in [1.82, 2.24) is 4.98 Å². The molecule has 1 aliphatic carbocycles. The zero-order valence-electron chi connectivity index (χ0n) is 9.85. The highest BCUT2D eigenvalue weighted by molar-refractivity contribution is 5.91. The molecule has 0 spiro atoms. The lowest BCUT2D eigenvalue weighted by atomic mass is 9.90. The minimum absolute atomic E-state index is 0.0919. The number of carbonyl (C=O) groups is 1. The molecule has 0 radical (unpaired) electrons. The summed E-state index contributed by atoms with van der Waals surface area (Å²) in [4.78, 5) is 15.0. The van der Waals surface area contributed by atoms with Gasteiger partial charge in [0.05, 0.1) is 0 Å². The summed E-state index contributed by atoms with van der Waals surface area (Å²) in [5, 5.41) is 9.02. The molecule has 0 saturated heterocycles. The van der Waals surface area contributed by atoms with Gasteiger partial charge in [0, 0.05) is 5.56 Å². The molecular weight excluding hydrogens is 230 g/mol. The van der Waals surface area contributed by atoms with Crippen molar-refractivity contribution in [2.75, 3.05) is 0 Å². The second kappa shape index (κ2) is 4.29. The summed E-state index contributed by atoms with van der Waals surface area (Å²) < 4.78 is 4.91. The lowest BCUT2D eigenvalue weighted by molar-refractivity contribution is 0.0663. The Morgan fingerprint density at radius 2 is 2.00 bits per heavy atom. The molecule has 1 heterocycles. The van der Waals surface area contributed by atoms with E-state index in [1.807, 2.05) is 12.1 Å². The van der Waals surface area contributed by atoms with Crippen molar-refractivity contribution in [1.29, 1.82) is 0 Å². The predicted octanol–water partition coefficient (Wildman–Crippen LogP) is 2.92. The van der Waals surface area contributed by atoms with Crippen LogP contribution in [0.2, 0.25) is 0 Å². The zero-order chi connectivity index (χ0) is 12.5. The lowest BCUT2D eigenvalue weighted by Gasteiger charge is -2.16. The number of carboxylic acid groups (broad SMARTS) is 1. The molecule has 4 nitrogen and oxygen atoms in total. The molecule has 0 atom stereocenters. The fourth-order valence-electron chi connectivity index (χ4n) is 2.48. The summed E-state index contributed by atoms with van der Waals surface area (Å²) in [7, 11) is 0. The second-order valence-electron chi connectivity index (χ2n) is 4.53. The molecule has 1 N–H and O–H groups in total. The van der Waals surface area contributed by atoms with Crippen molar-refractivity contribution in [2.45, 2.75) is 25.7 Å². The van der Waals surface area contributed by atoms with Gasteiger partial charge in [0.1, 0.15) is 5.69 Å². The number of hydrogen-bond donors (Lipinski definition) is 1. The quantitative estimate of drug-likeness (QED) is 0.880.